The summed E-state index contributed by atoms with van der Waals surface area (Å²) in [6.45, 7) is 22.3. The normalized spacial score (nSPS) is 18.3. The van der Waals surface area contributed by atoms with Gasteiger partial charge in [0.25, 0.3) is 0 Å². The lowest BCUT2D eigenvalue weighted by atomic mass is 9.87. The Balaban J connectivity index is 1.73. The molecule has 6 aliphatic heterocycles. The van der Waals surface area contributed by atoms with Crippen LogP contribution in [0.3, 0.4) is 0 Å². The third-order valence-electron chi connectivity index (χ3n) is 13.9. The van der Waals surface area contributed by atoms with Crippen LogP contribution < -0.4 is 31.3 Å². The summed E-state index contributed by atoms with van der Waals surface area (Å²) in [5, 5.41) is 8.16. The monoisotopic (exact) mass is 887 g/mol. The maximum absolute atomic E-state index is 2.72. The molecule has 0 atom stereocenters. The molecule has 6 nitrogen and oxygen atoms in total. The Labute approximate surface area is 399 Å². The fourth-order valence-corrected chi connectivity index (χ4v) is 9.79. The highest BCUT2D eigenvalue weighted by atomic mass is 15.1. The van der Waals surface area contributed by atoms with Crippen LogP contribution in [-0.2, 0) is 0 Å². The van der Waals surface area contributed by atoms with Gasteiger partial charge in [-0.25, -0.2) is 0 Å². The number of unbranched alkanes of at least 4 members (excludes halogenated alkanes) is 6. The summed E-state index contributed by atoms with van der Waals surface area (Å²) in [6, 6.07) is 0. The highest BCUT2D eigenvalue weighted by Gasteiger charge is 2.21. The van der Waals surface area contributed by atoms with Gasteiger partial charge in [0.2, 0.25) is 0 Å². The van der Waals surface area contributed by atoms with Crippen molar-refractivity contribution in [1.29, 1.82) is 0 Å². The van der Waals surface area contributed by atoms with E-state index in [4.69, 9.17) is 0 Å². The molecule has 0 N–H and O–H groups in total. The molecule has 0 radical (unpaired) electrons. The lowest BCUT2D eigenvalue weighted by Crippen LogP contribution is -2.68. The third-order valence-corrected chi connectivity index (χ3v) is 13.9. The van der Waals surface area contributed by atoms with E-state index in [2.05, 4.69) is 194 Å². The quantitative estimate of drug-likeness (QED) is 0.146. The number of hydrogen-bond acceptors (Lipinski definition) is 6. The lowest BCUT2D eigenvalue weighted by Gasteiger charge is -2.29. The molecule has 1 aromatic rings. The van der Waals surface area contributed by atoms with Crippen molar-refractivity contribution in [2.45, 2.75) is 131 Å². The second kappa shape index (κ2) is 25.1. The van der Waals surface area contributed by atoms with Gasteiger partial charge in [-0.15, -0.1) is 0 Å². The summed E-state index contributed by atoms with van der Waals surface area (Å²) in [5.74, 6) is 0. The molecule has 0 aromatic heterocycles. The lowest BCUT2D eigenvalue weighted by molar-refractivity contribution is 0.264. The number of hydrogen-bond donors (Lipinski definition) is 0. The van der Waals surface area contributed by atoms with Gasteiger partial charge in [-0.1, -0.05) is 85.6 Å². The Morgan fingerprint density at radius 2 is 0.500 bits per heavy atom. The molecule has 1 aromatic carbocycles. The van der Waals surface area contributed by atoms with Gasteiger partial charge in [-0.3, -0.25) is 0 Å². The van der Waals surface area contributed by atoms with E-state index in [9.17, 15) is 0 Å². The number of piperidine rings is 1. The smallest absolute Gasteiger partial charge is 0.0219 e. The van der Waals surface area contributed by atoms with E-state index in [1.165, 1.54) is 143 Å². The molecule has 7 rings (SSSR count). The van der Waals surface area contributed by atoms with E-state index < -0.39 is 0 Å². The van der Waals surface area contributed by atoms with Crippen LogP contribution in [0.4, 0.5) is 0 Å². The number of allylic oxidation sites excluding steroid dienone is 10. The molecule has 0 amide bonds. The number of likely N-dealkylation sites (tertiary alicyclic amines) is 1. The molecule has 0 saturated carbocycles. The third kappa shape index (κ3) is 12.2. The molecule has 1 fully saturated rings. The van der Waals surface area contributed by atoms with E-state index in [-0.39, 0.29) is 0 Å². The van der Waals surface area contributed by atoms with Crippen LogP contribution in [0.25, 0.3) is 33.4 Å². The van der Waals surface area contributed by atoms with Gasteiger partial charge >= 0.3 is 0 Å². The van der Waals surface area contributed by atoms with Crippen molar-refractivity contribution in [1.82, 2.24) is 29.4 Å². The summed E-state index contributed by atoms with van der Waals surface area (Å²) >= 11 is 0. The summed E-state index contributed by atoms with van der Waals surface area (Å²) < 4.78 is 0. The Bertz CT molecular complexity index is 2330. The van der Waals surface area contributed by atoms with Crippen LogP contribution in [0.15, 0.2) is 123 Å². The van der Waals surface area contributed by atoms with Crippen LogP contribution in [0.2, 0.25) is 0 Å². The zero-order chi connectivity index (χ0) is 46.1. The van der Waals surface area contributed by atoms with Gasteiger partial charge in [0.15, 0.2) is 0 Å². The molecule has 0 aliphatic carbocycles. The first kappa shape index (κ1) is 48.7. The minimum absolute atomic E-state index is 1.02. The van der Waals surface area contributed by atoms with Gasteiger partial charge in [-0.2, -0.15) is 0 Å². The van der Waals surface area contributed by atoms with Crippen LogP contribution in [-0.4, -0.2) is 81.8 Å². The summed E-state index contributed by atoms with van der Waals surface area (Å²) in [6.07, 6.45) is 64.0. The maximum atomic E-state index is 2.72. The minimum Gasteiger partial charge on any atom is -0.354 e. The van der Waals surface area contributed by atoms with E-state index in [0.717, 1.165) is 58.7 Å². The van der Waals surface area contributed by atoms with Gasteiger partial charge in [-0.05, 0) is 178 Å². The molecule has 6 heterocycles. The number of benzene rings is 1. The first-order valence-electron chi connectivity index (χ1n) is 26.3. The second-order valence-electron chi connectivity index (χ2n) is 18.9. The fraction of sp³-hybridized carbons (Fsp3) is 0.467. The van der Waals surface area contributed by atoms with E-state index in [0.29, 0.717) is 0 Å². The standard InChI is InChI=1S/C60H82N6/c1-7-13-31-61-37-19-49(20-38-61)55-56(50-21-39-62(40-22-50)32-14-8-2)58(52-25-43-64(44-26-52)34-16-10-4)60(54-29-47-66(48-30-54)36-18-12-6)59(53-27-45-65(46-28-53)35-17-11-5)57(55)51-23-41-63(42-24-51)33-15-9-3/h19-28,37-46H,7-18,29-36,47-48H2,1-6H3. The topological polar surface area (TPSA) is 19.4 Å². The van der Waals surface area contributed by atoms with Crippen molar-refractivity contribution in [3.8, 4) is 0 Å². The molecule has 0 bridgehead atoms. The number of nitrogens with zero attached hydrogens (tertiary/aromatic N) is 6. The van der Waals surface area contributed by atoms with Crippen molar-refractivity contribution in [2.24, 2.45) is 0 Å². The minimum atomic E-state index is 1.02. The Kier molecular flexibility index (Phi) is 18.5. The molecular formula is C60H82N6. The molecular weight excluding hydrogens is 805 g/mol. The van der Waals surface area contributed by atoms with E-state index in [1.807, 2.05) is 0 Å². The molecule has 0 spiro atoms. The average Bonchev–Trinajstić information content (AvgIpc) is 3.37. The molecule has 0 unspecified atom stereocenters. The summed E-state index contributed by atoms with van der Waals surface area (Å²) in [4.78, 5) is 14.6. The zero-order valence-corrected chi connectivity index (χ0v) is 41.8. The fourth-order valence-electron chi connectivity index (χ4n) is 9.79. The highest BCUT2D eigenvalue weighted by molar-refractivity contribution is 5.81. The molecule has 1 saturated heterocycles. The van der Waals surface area contributed by atoms with Gasteiger partial charge in [0.1, 0.15) is 0 Å². The molecule has 352 valence electrons. The molecule has 6 aliphatic rings. The molecule has 66 heavy (non-hydrogen) atoms. The van der Waals surface area contributed by atoms with Crippen molar-refractivity contribution in [3.63, 3.8) is 0 Å². The van der Waals surface area contributed by atoms with Crippen LogP contribution in [0.1, 0.15) is 131 Å². The van der Waals surface area contributed by atoms with Crippen LogP contribution in [0.5, 0.6) is 0 Å². The summed E-state index contributed by atoms with van der Waals surface area (Å²) in [5.41, 5.74) is 7.97. The summed E-state index contributed by atoms with van der Waals surface area (Å²) in [7, 11) is 0. The number of rotatable bonds is 18. The highest BCUT2D eigenvalue weighted by Crippen LogP contribution is 2.19. The van der Waals surface area contributed by atoms with Crippen molar-refractivity contribution in [2.75, 3.05) is 52.4 Å². The largest absolute Gasteiger partial charge is 0.354 e. The zero-order valence-electron chi connectivity index (χ0n) is 41.8. The second-order valence-corrected chi connectivity index (χ2v) is 18.9. The Morgan fingerprint density at radius 1 is 0.288 bits per heavy atom. The van der Waals surface area contributed by atoms with Gasteiger partial charge in [0, 0.05) is 108 Å². The first-order valence-corrected chi connectivity index (χ1v) is 26.3. The maximum Gasteiger partial charge on any atom is 0.0219 e. The van der Waals surface area contributed by atoms with Gasteiger partial charge in [0.05, 0.1) is 0 Å². The SMILES string of the molecule is CCCCN1C=CC(=c2c(=C3C=CN(CCCC)C=C3)c(=C3C=CN(CCCC)C=C3)c(=C3CCN(CCCC)CC3)c(=C3C=CN(CCCC)C=C3)c2=C2C=CN(CCCC)C=C2)C=C1. The van der Waals surface area contributed by atoms with Crippen molar-refractivity contribution < 1.29 is 0 Å². The molecule has 6 heteroatoms. The van der Waals surface area contributed by atoms with E-state index >= 15 is 0 Å². The van der Waals surface area contributed by atoms with Crippen molar-refractivity contribution >= 4 is 33.4 Å². The Morgan fingerprint density at radius 3 is 0.727 bits per heavy atom. The van der Waals surface area contributed by atoms with E-state index in [1.54, 1.807) is 5.57 Å². The van der Waals surface area contributed by atoms with Crippen molar-refractivity contribution in [3.05, 3.63) is 154 Å². The van der Waals surface area contributed by atoms with Crippen LogP contribution in [0, 0.1) is 0 Å². The predicted octanol–water partition coefficient (Wildman–Crippen LogP) is 9.20. The predicted molar refractivity (Wildman–Crippen MR) is 285 cm³/mol. The Hall–Kier alpha value is -5.20. The average molecular weight is 887 g/mol. The van der Waals surface area contributed by atoms with Gasteiger partial charge < -0.3 is 29.4 Å². The first-order chi connectivity index (χ1) is 32.5. The van der Waals surface area contributed by atoms with Crippen LogP contribution >= 0.6 is 0 Å².